The van der Waals surface area contributed by atoms with Crippen LogP contribution in [-0.4, -0.2) is 9.13 Å². The first kappa shape index (κ1) is 24.2. The summed E-state index contributed by atoms with van der Waals surface area (Å²) in [6.07, 6.45) is 1.98. The van der Waals surface area contributed by atoms with Crippen molar-refractivity contribution < 1.29 is 0 Å². The third-order valence-electron chi connectivity index (χ3n) is 7.86. The molecule has 0 aliphatic rings. The third-order valence-corrected chi connectivity index (χ3v) is 7.86. The Morgan fingerprint density at radius 2 is 1.12 bits per heavy atom. The summed E-state index contributed by atoms with van der Waals surface area (Å²) in [6.45, 7) is 4.24. The van der Waals surface area contributed by atoms with Gasteiger partial charge in [-0.15, -0.1) is 0 Å². The van der Waals surface area contributed by atoms with Crippen LogP contribution in [0.4, 0.5) is 0 Å². The molecule has 5 aromatic carbocycles. The van der Waals surface area contributed by atoms with Crippen LogP contribution in [0, 0.1) is 22.7 Å². The third kappa shape index (κ3) is 3.59. The quantitative estimate of drug-likeness (QED) is 0.211. The number of fused-ring (bicyclic) bond motifs is 6. The molecule has 0 fully saturated rings. The minimum absolute atomic E-state index is 0.160. The first-order valence-corrected chi connectivity index (χ1v) is 13.5. The van der Waals surface area contributed by atoms with Gasteiger partial charge in [-0.05, 0) is 30.3 Å². The molecule has 0 bridgehead atoms. The highest BCUT2D eigenvalue weighted by Crippen LogP contribution is 2.40. The van der Waals surface area contributed by atoms with Crippen LogP contribution in [0.2, 0.25) is 0 Å². The number of allylic oxidation sites excluding steroid dienone is 3. The van der Waals surface area contributed by atoms with Gasteiger partial charge >= 0.3 is 0 Å². The zero-order chi connectivity index (χ0) is 27.9. The van der Waals surface area contributed by atoms with Crippen molar-refractivity contribution in [3.05, 3.63) is 139 Å². The van der Waals surface area contributed by atoms with Crippen molar-refractivity contribution in [1.29, 1.82) is 10.5 Å². The maximum atomic E-state index is 10.4. The monoisotopic (exact) mass is 524 g/mol. The fourth-order valence-corrected chi connectivity index (χ4v) is 6.22. The van der Waals surface area contributed by atoms with Gasteiger partial charge in [-0.1, -0.05) is 97.6 Å². The molecule has 7 rings (SSSR count). The summed E-state index contributed by atoms with van der Waals surface area (Å²) < 4.78 is 4.36. The maximum Gasteiger partial charge on any atom is 0.101 e. The number of nitrogens with zero attached hydrogens (tertiary/aromatic N) is 4. The molecule has 0 atom stereocenters. The molecule has 0 amide bonds. The SMILES string of the molecule is C=C/C(=C(\CC#N)n1c2ccccc2c2ccccc21)c1cccc(C#N)c1-n1c2ccccc2c2ccccc21. The number of para-hydroxylation sites is 5. The van der Waals surface area contributed by atoms with Gasteiger partial charge in [0.1, 0.15) is 6.07 Å². The lowest BCUT2D eigenvalue weighted by atomic mass is 9.96. The Kier molecular flexibility index (Phi) is 5.74. The van der Waals surface area contributed by atoms with Crippen LogP contribution in [-0.2, 0) is 0 Å². The van der Waals surface area contributed by atoms with Crippen molar-refractivity contribution in [2.45, 2.75) is 6.42 Å². The van der Waals surface area contributed by atoms with Crippen LogP contribution in [0.1, 0.15) is 17.5 Å². The predicted molar refractivity (Wildman–Crippen MR) is 168 cm³/mol. The molecule has 0 aliphatic heterocycles. The number of rotatable bonds is 5. The predicted octanol–water partition coefficient (Wildman–Crippen LogP) is 9.23. The summed E-state index contributed by atoms with van der Waals surface area (Å²) in [5, 5.41) is 25.0. The van der Waals surface area contributed by atoms with Gasteiger partial charge in [-0.2, -0.15) is 10.5 Å². The van der Waals surface area contributed by atoms with Gasteiger partial charge in [0.05, 0.1) is 45.8 Å². The lowest BCUT2D eigenvalue weighted by molar-refractivity contribution is 1.13. The number of aromatic nitrogens is 2. The lowest BCUT2D eigenvalue weighted by Crippen LogP contribution is -2.06. The van der Waals surface area contributed by atoms with Crippen molar-refractivity contribution in [3.63, 3.8) is 0 Å². The first-order chi connectivity index (χ1) is 20.3. The normalized spacial score (nSPS) is 12.0. The van der Waals surface area contributed by atoms with E-state index < -0.39 is 0 Å². The summed E-state index contributed by atoms with van der Waals surface area (Å²) >= 11 is 0. The molecule has 4 nitrogen and oxygen atoms in total. The summed E-state index contributed by atoms with van der Waals surface area (Å²) in [5.74, 6) is 0. The van der Waals surface area contributed by atoms with Crippen LogP contribution >= 0.6 is 0 Å². The van der Waals surface area contributed by atoms with Gasteiger partial charge in [0.2, 0.25) is 0 Å². The van der Waals surface area contributed by atoms with Crippen LogP contribution in [0.25, 0.3) is 60.6 Å². The molecule has 0 saturated carbocycles. The molecular formula is C37H24N4. The molecule has 0 spiro atoms. The molecule has 0 radical (unpaired) electrons. The molecule has 2 aromatic heterocycles. The Balaban J connectivity index is 1.65. The van der Waals surface area contributed by atoms with E-state index in [1.54, 1.807) is 0 Å². The van der Waals surface area contributed by atoms with E-state index in [0.717, 1.165) is 66.1 Å². The second-order valence-electron chi connectivity index (χ2n) is 9.95. The van der Waals surface area contributed by atoms with Crippen molar-refractivity contribution in [2.75, 3.05) is 0 Å². The summed E-state index contributed by atoms with van der Waals surface area (Å²) in [7, 11) is 0. The lowest BCUT2D eigenvalue weighted by Gasteiger charge is -2.20. The first-order valence-electron chi connectivity index (χ1n) is 13.5. The number of benzene rings is 5. The van der Waals surface area contributed by atoms with Crippen LogP contribution in [0.15, 0.2) is 128 Å². The Morgan fingerprint density at radius 3 is 1.61 bits per heavy atom. The zero-order valence-corrected chi connectivity index (χ0v) is 22.3. The number of hydrogen-bond acceptors (Lipinski definition) is 2. The molecule has 192 valence electrons. The number of nitriles is 2. The van der Waals surface area contributed by atoms with E-state index in [-0.39, 0.29) is 6.42 Å². The minimum Gasteiger partial charge on any atom is -0.311 e. The highest BCUT2D eigenvalue weighted by molar-refractivity contribution is 6.13. The van der Waals surface area contributed by atoms with Crippen molar-refractivity contribution in [2.24, 2.45) is 0 Å². The molecule has 0 saturated heterocycles. The van der Waals surface area contributed by atoms with Crippen LogP contribution in [0.3, 0.4) is 0 Å². The minimum atomic E-state index is 0.160. The fourth-order valence-electron chi connectivity index (χ4n) is 6.22. The van der Waals surface area contributed by atoms with E-state index in [0.29, 0.717) is 5.56 Å². The van der Waals surface area contributed by atoms with Gasteiger partial charge in [-0.25, -0.2) is 0 Å². The Morgan fingerprint density at radius 1 is 0.634 bits per heavy atom. The van der Waals surface area contributed by atoms with Gasteiger partial charge in [0.25, 0.3) is 0 Å². The Hall–Kier alpha value is -5.84. The van der Waals surface area contributed by atoms with Crippen molar-refractivity contribution in [3.8, 4) is 17.8 Å². The standard InChI is InChI=1S/C37H24N4/c1-2-26(36(22-23-38)40-32-18-7-3-13-27(32)28-14-4-8-19-33(28)40)31-17-11-12-25(24-39)37(31)41-34-20-9-5-15-29(34)30-16-6-10-21-35(30)41/h2-21H,1,22H2/b36-26-. The molecule has 0 aliphatic carbocycles. The molecular weight excluding hydrogens is 500 g/mol. The number of hydrogen-bond donors (Lipinski definition) is 0. The smallest absolute Gasteiger partial charge is 0.101 e. The van der Waals surface area contributed by atoms with Gasteiger partial charge in [-0.3, -0.25) is 0 Å². The van der Waals surface area contributed by atoms with Crippen LogP contribution in [0.5, 0.6) is 0 Å². The average Bonchev–Trinajstić information content (AvgIpc) is 3.54. The van der Waals surface area contributed by atoms with Gasteiger partial charge in [0, 0.05) is 38.4 Å². The Bertz CT molecular complexity index is 2170. The largest absolute Gasteiger partial charge is 0.311 e. The zero-order valence-electron chi connectivity index (χ0n) is 22.3. The molecule has 0 unspecified atom stereocenters. The van der Waals surface area contributed by atoms with E-state index in [9.17, 15) is 10.5 Å². The topological polar surface area (TPSA) is 57.4 Å². The van der Waals surface area contributed by atoms with Crippen molar-refractivity contribution in [1.82, 2.24) is 9.13 Å². The van der Waals surface area contributed by atoms with Gasteiger partial charge in [0.15, 0.2) is 0 Å². The summed E-state index contributed by atoms with van der Waals surface area (Å²) in [4.78, 5) is 0. The van der Waals surface area contributed by atoms with Crippen LogP contribution < -0.4 is 0 Å². The highest BCUT2D eigenvalue weighted by atomic mass is 15.0. The molecule has 41 heavy (non-hydrogen) atoms. The second-order valence-corrected chi connectivity index (χ2v) is 9.95. The maximum absolute atomic E-state index is 10.4. The average molecular weight is 525 g/mol. The highest BCUT2D eigenvalue weighted by Gasteiger charge is 2.22. The van der Waals surface area contributed by atoms with E-state index in [1.165, 1.54) is 0 Å². The van der Waals surface area contributed by atoms with E-state index in [2.05, 4.69) is 76.4 Å². The van der Waals surface area contributed by atoms with Gasteiger partial charge < -0.3 is 9.13 Å². The van der Waals surface area contributed by atoms with E-state index in [4.69, 9.17) is 0 Å². The Labute approximate surface area is 237 Å². The van der Waals surface area contributed by atoms with Crippen molar-refractivity contribution >= 4 is 54.9 Å². The summed E-state index contributed by atoms with van der Waals surface area (Å²) in [6, 6.07) is 43.7. The van der Waals surface area contributed by atoms with E-state index in [1.807, 2.05) is 72.8 Å². The molecule has 0 N–H and O–H groups in total. The molecule has 4 heteroatoms. The second kappa shape index (κ2) is 9.72. The summed E-state index contributed by atoms with van der Waals surface area (Å²) in [5.41, 5.74) is 7.87. The fraction of sp³-hybridized carbons (Fsp3) is 0.0270. The molecule has 2 heterocycles. The van der Waals surface area contributed by atoms with E-state index >= 15 is 0 Å². The molecule has 7 aromatic rings.